The Hall–Kier alpha value is -2.92. The van der Waals surface area contributed by atoms with Crippen molar-refractivity contribution in [2.24, 2.45) is 0 Å². The Bertz CT molecular complexity index is 1080. The third kappa shape index (κ3) is 4.55. The van der Waals surface area contributed by atoms with Crippen LogP contribution in [0.5, 0.6) is 0 Å². The summed E-state index contributed by atoms with van der Waals surface area (Å²) in [6.07, 6.45) is 3.23. The average molecular weight is 350 g/mol. The van der Waals surface area contributed by atoms with E-state index in [2.05, 4.69) is 10.3 Å². The third-order valence-electron chi connectivity index (χ3n) is 3.60. The summed E-state index contributed by atoms with van der Waals surface area (Å²) in [5.74, 6) is -0.275. The van der Waals surface area contributed by atoms with Crippen LogP contribution in [0.2, 0.25) is 0 Å². The van der Waals surface area contributed by atoms with E-state index in [4.69, 9.17) is 0 Å². The molecular formula is C20H18N2O2S. The largest absolute Gasteiger partial charge is 0.322 e. The maximum atomic E-state index is 12.1. The highest BCUT2D eigenvalue weighted by Gasteiger charge is 2.01. The van der Waals surface area contributed by atoms with Gasteiger partial charge in [0.05, 0.1) is 4.53 Å². The van der Waals surface area contributed by atoms with Crippen molar-refractivity contribution in [3.63, 3.8) is 0 Å². The molecule has 126 valence electrons. The zero-order valence-electron chi connectivity index (χ0n) is 14.0. The van der Waals surface area contributed by atoms with E-state index in [1.807, 2.05) is 68.5 Å². The van der Waals surface area contributed by atoms with Gasteiger partial charge in [0.2, 0.25) is 0 Å². The molecule has 3 aromatic rings. The topological polar surface area (TPSA) is 62.0 Å². The number of carbonyl (C=O) groups excluding carboxylic acids is 1. The number of nitrogens with one attached hydrogen (secondary N) is 2. The molecule has 0 fully saturated rings. The predicted molar refractivity (Wildman–Crippen MR) is 103 cm³/mol. The van der Waals surface area contributed by atoms with Gasteiger partial charge < -0.3 is 10.3 Å². The van der Waals surface area contributed by atoms with E-state index in [1.54, 1.807) is 0 Å². The van der Waals surface area contributed by atoms with Gasteiger partial charge in [0, 0.05) is 11.8 Å². The quantitative estimate of drug-likeness (QED) is 0.761. The smallest absolute Gasteiger partial charge is 0.266 e. The normalized spacial score (nSPS) is 12.4. The van der Waals surface area contributed by atoms with Crippen molar-refractivity contribution in [1.82, 2.24) is 4.98 Å². The van der Waals surface area contributed by atoms with E-state index in [-0.39, 0.29) is 11.5 Å². The van der Waals surface area contributed by atoms with E-state index < -0.39 is 0 Å². The minimum atomic E-state index is -0.275. The Balaban J connectivity index is 1.86. The SMILES string of the molecule is Cc1ccc(NC(=O)C=c2[nH]c(=O)c(=Cc3cccc(C)c3)s2)cc1. The number of H-pyrrole nitrogens is 1. The van der Waals surface area contributed by atoms with Crippen molar-refractivity contribution < 1.29 is 4.79 Å². The number of hydrogen-bond donors (Lipinski definition) is 2. The highest BCUT2D eigenvalue weighted by molar-refractivity contribution is 7.07. The van der Waals surface area contributed by atoms with Gasteiger partial charge in [0.15, 0.2) is 0 Å². The summed E-state index contributed by atoms with van der Waals surface area (Å²) in [5.41, 5.74) is 3.74. The molecule has 3 rings (SSSR count). The second kappa shape index (κ2) is 7.32. The van der Waals surface area contributed by atoms with Crippen LogP contribution in [0.25, 0.3) is 12.2 Å². The fraction of sp³-hybridized carbons (Fsp3) is 0.100. The Labute approximate surface area is 149 Å². The van der Waals surface area contributed by atoms with Crippen LogP contribution < -0.4 is 20.1 Å². The minimum Gasteiger partial charge on any atom is -0.322 e. The van der Waals surface area contributed by atoms with Gasteiger partial charge in [-0.15, -0.1) is 11.3 Å². The Kier molecular flexibility index (Phi) is 4.95. The standard InChI is InChI=1S/C20H18N2O2S/c1-13-6-8-16(9-7-13)21-18(23)12-19-22-20(24)17(25-19)11-15-5-3-4-14(2)10-15/h3-12H,1-2H3,(H,21,23)(H,22,24). The molecule has 1 aromatic heterocycles. The first-order valence-electron chi connectivity index (χ1n) is 7.86. The summed E-state index contributed by atoms with van der Waals surface area (Å²) in [5, 5.41) is 2.78. The number of carbonyl (C=O) groups is 1. The van der Waals surface area contributed by atoms with Crippen molar-refractivity contribution in [2.45, 2.75) is 13.8 Å². The lowest BCUT2D eigenvalue weighted by Crippen LogP contribution is -2.20. The van der Waals surface area contributed by atoms with E-state index in [9.17, 15) is 9.59 Å². The monoisotopic (exact) mass is 350 g/mol. The zero-order chi connectivity index (χ0) is 17.8. The molecule has 0 spiro atoms. The first kappa shape index (κ1) is 16.9. The number of hydrogen-bond acceptors (Lipinski definition) is 3. The highest BCUT2D eigenvalue weighted by atomic mass is 32.1. The summed E-state index contributed by atoms with van der Waals surface area (Å²) in [7, 11) is 0. The Morgan fingerprint density at radius 1 is 1.08 bits per heavy atom. The highest BCUT2D eigenvalue weighted by Crippen LogP contribution is 2.08. The second-order valence-electron chi connectivity index (χ2n) is 5.84. The van der Waals surface area contributed by atoms with E-state index in [1.165, 1.54) is 17.4 Å². The van der Waals surface area contributed by atoms with Crippen molar-refractivity contribution in [3.8, 4) is 0 Å². The summed E-state index contributed by atoms with van der Waals surface area (Å²) < 4.78 is 1.09. The lowest BCUT2D eigenvalue weighted by molar-refractivity contribution is -0.110. The van der Waals surface area contributed by atoms with Gasteiger partial charge >= 0.3 is 0 Å². The number of aromatic amines is 1. The molecule has 2 N–H and O–H groups in total. The Morgan fingerprint density at radius 2 is 1.84 bits per heavy atom. The summed E-state index contributed by atoms with van der Waals surface area (Å²) in [6, 6.07) is 15.4. The van der Waals surface area contributed by atoms with Gasteiger partial charge in [-0.2, -0.15) is 0 Å². The molecule has 0 aliphatic carbocycles. The molecular weight excluding hydrogens is 332 g/mol. The van der Waals surface area contributed by atoms with Crippen LogP contribution in [-0.2, 0) is 4.79 Å². The maximum absolute atomic E-state index is 12.1. The second-order valence-corrected chi connectivity index (χ2v) is 6.93. The number of thiazole rings is 1. The van der Waals surface area contributed by atoms with Crippen LogP contribution in [-0.4, -0.2) is 10.9 Å². The summed E-state index contributed by atoms with van der Waals surface area (Å²) in [4.78, 5) is 26.9. The third-order valence-corrected chi connectivity index (χ3v) is 4.56. The van der Waals surface area contributed by atoms with Gasteiger partial charge in [-0.3, -0.25) is 9.59 Å². The van der Waals surface area contributed by atoms with Crippen molar-refractivity contribution in [3.05, 3.63) is 84.8 Å². The molecule has 5 heteroatoms. The van der Waals surface area contributed by atoms with Crippen LogP contribution >= 0.6 is 11.3 Å². The maximum Gasteiger partial charge on any atom is 0.266 e. The van der Waals surface area contributed by atoms with E-state index in [0.29, 0.717) is 9.20 Å². The molecule has 1 amide bonds. The molecule has 25 heavy (non-hydrogen) atoms. The number of benzene rings is 2. The van der Waals surface area contributed by atoms with Gasteiger partial charge in [-0.25, -0.2) is 0 Å². The summed E-state index contributed by atoms with van der Waals surface area (Å²) in [6.45, 7) is 3.99. The molecule has 0 radical (unpaired) electrons. The predicted octanol–water partition coefficient (Wildman–Crippen LogP) is 2.30. The number of amides is 1. The van der Waals surface area contributed by atoms with Crippen molar-refractivity contribution in [2.75, 3.05) is 5.32 Å². The molecule has 0 aliphatic heterocycles. The molecule has 0 saturated carbocycles. The molecule has 0 aliphatic rings. The van der Waals surface area contributed by atoms with Crippen LogP contribution in [0.3, 0.4) is 0 Å². The fourth-order valence-electron chi connectivity index (χ4n) is 2.37. The fourth-order valence-corrected chi connectivity index (χ4v) is 3.26. The first-order chi connectivity index (χ1) is 12.0. The number of aryl methyl sites for hydroxylation is 2. The lowest BCUT2D eigenvalue weighted by atomic mass is 10.1. The van der Waals surface area contributed by atoms with Crippen molar-refractivity contribution >= 4 is 35.1 Å². The van der Waals surface area contributed by atoms with Crippen LogP contribution in [0, 0.1) is 13.8 Å². The number of anilines is 1. The van der Waals surface area contributed by atoms with Gasteiger partial charge in [0.1, 0.15) is 4.66 Å². The first-order valence-corrected chi connectivity index (χ1v) is 8.68. The number of rotatable bonds is 3. The van der Waals surface area contributed by atoms with Gasteiger partial charge in [-0.05, 0) is 37.6 Å². The molecule has 2 aromatic carbocycles. The Morgan fingerprint density at radius 3 is 2.56 bits per heavy atom. The number of aromatic nitrogens is 1. The lowest BCUT2D eigenvalue weighted by Gasteiger charge is -2.01. The molecule has 0 bridgehead atoms. The molecule has 1 heterocycles. The molecule has 0 atom stereocenters. The molecule has 0 unspecified atom stereocenters. The van der Waals surface area contributed by atoms with E-state index in [0.717, 1.165) is 22.4 Å². The van der Waals surface area contributed by atoms with Gasteiger partial charge in [-0.1, -0.05) is 47.5 Å². The summed E-state index contributed by atoms with van der Waals surface area (Å²) >= 11 is 1.26. The molecule has 0 saturated heterocycles. The minimum absolute atomic E-state index is 0.194. The molecule has 4 nitrogen and oxygen atoms in total. The van der Waals surface area contributed by atoms with Crippen LogP contribution in [0.1, 0.15) is 16.7 Å². The average Bonchev–Trinajstić information content (AvgIpc) is 2.89. The van der Waals surface area contributed by atoms with Crippen LogP contribution in [0.15, 0.2) is 53.3 Å². The van der Waals surface area contributed by atoms with Crippen LogP contribution in [0.4, 0.5) is 5.69 Å². The van der Waals surface area contributed by atoms with E-state index >= 15 is 0 Å². The van der Waals surface area contributed by atoms with Gasteiger partial charge in [0.25, 0.3) is 11.5 Å². The zero-order valence-corrected chi connectivity index (χ0v) is 14.8. The van der Waals surface area contributed by atoms with Crippen molar-refractivity contribution in [1.29, 1.82) is 0 Å².